The van der Waals surface area contributed by atoms with Crippen molar-refractivity contribution in [2.24, 2.45) is 0 Å². The van der Waals surface area contributed by atoms with Crippen LogP contribution in [-0.4, -0.2) is 28.0 Å². The average Bonchev–Trinajstić information content (AvgIpc) is 2.52. The lowest BCUT2D eigenvalue weighted by atomic mass is 10.1. The van der Waals surface area contributed by atoms with E-state index in [9.17, 15) is 23.5 Å². The summed E-state index contributed by atoms with van der Waals surface area (Å²) in [6.45, 7) is 0. The molecule has 0 saturated carbocycles. The van der Waals surface area contributed by atoms with Gasteiger partial charge in [0.05, 0.1) is 6.42 Å². The first-order chi connectivity index (χ1) is 11.4. The highest BCUT2D eigenvalue weighted by Gasteiger charge is 2.23. The van der Waals surface area contributed by atoms with Gasteiger partial charge in [-0.15, -0.1) is 0 Å². The molecule has 1 heterocycles. The Hall–Kier alpha value is -2.35. The molecular weight excluding hydrogens is 386 g/mol. The molecule has 0 unspecified atom stereocenters. The number of hydrogen-bond donors (Lipinski definition) is 2. The first-order valence-corrected chi connectivity index (χ1v) is 7.72. The number of aromatic nitrogens is 1. The lowest BCUT2D eigenvalue weighted by Crippen LogP contribution is -2.43. The normalized spacial score (nSPS) is 11.8. The van der Waals surface area contributed by atoms with Crippen molar-refractivity contribution in [3.05, 3.63) is 63.9 Å². The van der Waals surface area contributed by atoms with Crippen molar-refractivity contribution >= 4 is 27.8 Å². The Balaban J connectivity index is 2.09. The number of aliphatic carboxylic acids is 1. The van der Waals surface area contributed by atoms with Crippen molar-refractivity contribution < 1.29 is 23.5 Å². The van der Waals surface area contributed by atoms with Gasteiger partial charge in [-0.1, -0.05) is 12.1 Å². The summed E-state index contributed by atoms with van der Waals surface area (Å²) in [5.74, 6) is -3.75. The van der Waals surface area contributed by atoms with Crippen LogP contribution in [0.5, 0.6) is 0 Å². The van der Waals surface area contributed by atoms with Crippen molar-refractivity contribution in [3.63, 3.8) is 0 Å². The van der Waals surface area contributed by atoms with E-state index in [0.717, 1.165) is 12.1 Å². The number of carboxylic acids is 1. The fourth-order valence-electron chi connectivity index (χ4n) is 2.10. The van der Waals surface area contributed by atoms with Gasteiger partial charge in [-0.2, -0.15) is 0 Å². The van der Waals surface area contributed by atoms with E-state index < -0.39 is 41.5 Å². The number of rotatable bonds is 6. The Bertz CT molecular complexity index is 750. The molecule has 0 radical (unpaired) electrons. The van der Waals surface area contributed by atoms with Gasteiger partial charge in [0, 0.05) is 18.2 Å². The molecule has 1 amide bonds. The summed E-state index contributed by atoms with van der Waals surface area (Å²) < 4.78 is 27.6. The molecule has 0 bridgehead atoms. The molecule has 24 heavy (non-hydrogen) atoms. The summed E-state index contributed by atoms with van der Waals surface area (Å²) in [4.78, 5) is 27.3. The molecule has 1 aromatic carbocycles. The van der Waals surface area contributed by atoms with Crippen LogP contribution < -0.4 is 5.32 Å². The Morgan fingerprint density at radius 3 is 2.46 bits per heavy atom. The molecule has 0 aliphatic rings. The second-order valence-corrected chi connectivity index (χ2v) is 5.74. The molecule has 8 heteroatoms. The first-order valence-electron chi connectivity index (χ1n) is 6.93. The summed E-state index contributed by atoms with van der Waals surface area (Å²) >= 11 is 3.20. The molecule has 0 aliphatic heterocycles. The number of carbonyl (C=O) groups is 2. The standard InChI is InChI=1S/C16H13BrF2N2O3/c17-15-9(3-2-6-20-15)7-13(16(23)24)21-14(22)8-10-11(18)4-1-5-12(10)19/h1-6,13H,7-8H2,(H,21,22)(H,23,24)/t13-/m0/s1. The van der Waals surface area contributed by atoms with Gasteiger partial charge in [0.1, 0.15) is 22.3 Å². The van der Waals surface area contributed by atoms with E-state index in [1.165, 1.54) is 12.3 Å². The number of benzene rings is 1. The second kappa shape index (κ2) is 7.96. The molecule has 126 valence electrons. The molecule has 1 aromatic heterocycles. The highest BCUT2D eigenvalue weighted by molar-refractivity contribution is 9.10. The molecule has 1 atom stereocenters. The number of amides is 1. The van der Waals surface area contributed by atoms with Crippen LogP contribution in [0, 0.1) is 11.6 Å². The molecule has 0 saturated heterocycles. The molecule has 2 rings (SSSR count). The molecule has 2 aromatic rings. The second-order valence-electron chi connectivity index (χ2n) is 4.99. The third-order valence-electron chi connectivity index (χ3n) is 3.29. The minimum absolute atomic E-state index is 0.0186. The Morgan fingerprint density at radius 1 is 1.21 bits per heavy atom. The summed E-state index contributed by atoms with van der Waals surface area (Å²) in [5.41, 5.74) is 0.184. The topological polar surface area (TPSA) is 79.3 Å². The van der Waals surface area contributed by atoms with Gasteiger partial charge in [0.2, 0.25) is 5.91 Å². The predicted molar refractivity (Wildman–Crippen MR) is 85.3 cm³/mol. The highest BCUT2D eigenvalue weighted by atomic mass is 79.9. The maximum atomic E-state index is 13.6. The predicted octanol–water partition coefficient (Wildman–Crippen LogP) is 2.48. The zero-order chi connectivity index (χ0) is 17.7. The number of carboxylic acid groups (broad SMARTS) is 1. The molecule has 0 fully saturated rings. The fourth-order valence-corrected chi connectivity index (χ4v) is 2.51. The summed E-state index contributed by atoms with van der Waals surface area (Å²) in [7, 11) is 0. The Morgan fingerprint density at radius 2 is 1.88 bits per heavy atom. The van der Waals surface area contributed by atoms with Crippen LogP contribution in [0.3, 0.4) is 0 Å². The molecular formula is C16H13BrF2N2O3. The lowest BCUT2D eigenvalue weighted by molar-refractivity contribution is -0.141. The molecule has 0 spiro atoms. The van der Waals surface area contributed by atoms with Crippen molar-refractivity contribution in [3.8, 4) is 0 Å². The van der Waals surface area contributed by atoms with Crippen molar-refractivity contribution in [2.75, 3.05) is 0 Å². The van der Waals surface area contributed by atoms with Gasteiger partial charge in [0.25, 0.3) is 0 Å². The Labute approximate surface area is 144 Å². The van der Waals surface area contributed by atoms with Gasteiger partial charge in [-0.25, -0.2) is 18.6 Å². The van der Waals surface area contributed by atoms with E-state index in [4.69, 9.17) is 0 Å². The average molecular weight is 399 g/mol. The van der Waals surface area contributed by atoms with Gasteiger partial charge in [0.15, 0.2) is 0 Å². The maximum absolute atomic E-state index is 13.6. The van der Waals surface area contributed by atoms with E-state index in [-0.39, 0.29) is 6.42 Å². The van der Waals surface area contributed by atoms with E-state index in [2.05, 4.69) is 26.2 Å². The zero-order valence-electron chi connectivity index (χ0n) is 12.3. The highest BCUT2D eigenvalue weighted by Crippen LogP contribution is 2.16. The van der Waals surface area contributed by atoms with Crippen molar-refractivity contribution in [1.29, 1.82) is 0 Å². The third kappa shape index (κ3) is 4.58. The van der Waals surface area contributed by atoms with Crippen LogP contribution in [-0.2, 0) is 22.4 Å². The maximum Gasteiger partial charge on any atom is 0.326 e. The summed E-state index contributed by atoms with van der Waals surface area (Å²) in [6.07, 6.45) is 0.925. The van der Waals surface area contributed by atoms with Gasteiger partial charge < -0.3 is 10.4 Å². The number of nitrogens with zero attached hydrogens (tertiary/aromatic N) is 1. The fraction of sp³-hybridized carbons (Fsp3) is 0.188. The number of pyridine rings is 1. The van der Waals surface area contributed by atoms with Crippen LogP contribution >= 0.6 is 15.9 Å². The van der Waals surface area contributed by atoms with E-state index in [1.807, 2.05) is 0 Å². The quantitative estimate of drug-likeness (QED) is 0.732. The van der Waals surface area contributed by atoms with E-state index in [0.29, 0.717) is 10.2 Å². The third-order valence-corrected chi connectivity index (χ3v) is 4.01. The van der Waals surface area contributed by atoms with E-state index in [1.54, 1.807) is 12.1 Å². The number of nitrogens with one attached hydrogen (secondary N) is 1. The van der Waals surface area contributed by atoms with Crippen LogP contribution in [0.25, 0.3) is 0 Å². The first kappa shape index (κ1) is 18.0. The summed E-state index contributed by atoms with van der Waals surface area (Å²) in [6, 6.07) is 5.31. The van der Waals surface area contributed by atoms with Crippen LogP contribution in [0.1, 0.15) is 11.1 Å². The largest absolute Gasteiger partial charge is 0.480 e. The minimum atomic E-state index is -1.26. The van der Waals surface area contributed by atoms with Gasteiger partial charge in [-0.05, 0) is 39.7 Å². The SMILES string of the molecule is O=C(Cc1c(F)cccc1F)N[C@@H](Cc1cccnc1Br)C(=O)O. The minimum Gasteiger partial charge on any atom is -0.480 e. The van der Waals surface area contributed by atoms with E-state index >= 15 is 0 Å². The van der Waals surface area contributed by atoms with Gasteiger partial charge >= 0.3 is 5.97 Å². The number of halogens is 3. The Kier molecular flexibility index (Phi) is 5.97. The molecule has 5 nitrogen and oxygen atoms in total. The smallest absolute Gasteiger partial charge is 0.326 e. The number of hydrogen-bond acceptors (Lipinski definition) is 3. The molecule has 2 N–H and O–H groups in total. The molecule has 0 aliphatic carbocycles. The lowest BCUT2D eigenvalue weighted by Gasteiger charge is -2.15. The van der Waals surface area contributed by atoms with Crippen LogP contribution in [0.2, 0.25) is 0 Å². The van der Waals surface area contributed by atoms with Crippen molar-refractivity contribution in [2.45, 2.75) is 18.9 Å². The zero-order valence-corrected chi connectivity index (χ0v) is 13.9. The van der Waals surface area contributed by atoms with Gasteiger partial charge in [-0.3, -0.25) is 4.79 Å². The number of carbonyl (C=O) groups excluding carboxylic acids is 1. The monoisotopic (exact) mass is 398 g/mol. The van der Waals surface area contributed by atoms with Crippen LogP contribution in [0.15, 0.2) is 41.1 Å². The van der Waals surface area contributed by atoms with Crippen LogP contribution in [0.4, 0.5) is 8.78 Å². The van der Waals surface area contributed by atoms with Crippen molar-refractivity contribution in [1.82, 2.24) is 10.3 Å². The summed E-state index contributed by atoms with van der Waals surface area (Å²) in [5, 5.41) is 11.5.